The molecule has 0 radical (unpaired) electrons. The second-order valence-electron chi connectivity index (χ2n) is 8.21. The quantitative estimate of drug-likeness (QED) is 0.253. The van der Waals surface area contributed by atoms with E-state index in [4.69, 9.17) is 11.6 Å². The molecule has 36 heavy (non-hydrogen) atoms. The number of aromatic nitrogens is 1. The van der Waals surface area contributed by atoms with Crippen molar-refractivity contribution in [2.45, 2.75) is 6.54 Å². The van der Waals surface area contributed by atoms with Gasteiger partial charge >= 0.3 is 0 Å². The number of anilines is 4. The third-order valence-corrected chi connectivity index (χ3v) is 6.09. The van der Waals surface area contributed by atoms with Gasteiger partial charge in [-0.15, -0.1) is 0 Å². The Bertz CT molecular complexity index is 1600. The van der Waals surface area contributed by atoms with E-state index < -0.39 is 5.82 Å². The molecule has 5 aromatic rings. The molecule has 0 aliphatic carbocycles. The number of fused-ring (bicyclic) bond motifs is 1. The van der Waals surface area contributed by atoms with Crippen molar-refractivity contribution in [1.82, 2.24) is 4.98 Å². The zero-order valence-corrected chi connectivity index (χ0v) is 19.7. The maximum atomic E-state index is 13.7. The first-order chi connectivity index (χ1) is 17.5. The maximum Gasteiger partial charge on any atom is 0.141 e. The van der Waals surface area contributed by atoms with Crippen LogP contribution in [0.2, 0.25) is 5.02 Å². The molecule has 0 atom stereocenters. The Morgan fingerprint density at radius 3 is 2.50 bits per heavy atom. The molecule has 0 aliphatic rings. The van der Waals surface area contributed by atoms with Crippen molar-refractivity contribution in [2.75, 3.05) is 10.2 Å². The highest BCUT2D eigenvalue weighted by Crippen LogP contribution is 2.36. The first kappa shape index (κ1) is 23.2. The fourth-order valence-electron chi connectivity index (χ4n) is 4.04. The first-order valence-corrected chi connectivity index (χ1v) is 11.5. The number of phenols is 1. The molecule has 0 saturated heterocycles. The number of hydrogen-bond donors (Lipinski definition) is 2. The van der Waals surface area contributed by atoms with Crippen molar-refractivity contribution >= 4 is 45.3 Å². The summed E-state index contributed by atoms with van der Waals surface area (Å²) in [7, 11) is 0. The average Bonchev–Trinajstić information content (AvgIpc) is 2.90. The second kappa shape index (κ2) is 9.95. The number of halogens is 2. The Hall–Kier alpha value is -4.60. The van der Waals surface area contributed by atoms with Crippen LogP contribution >= 0.6 is 11.6 Å². The smallest absolute Gasteiger partial charge is 0.141 e. The van der Waals surface area contributed by atoms with E-state index in [1.165, 1.54) is 18.3 Å². The van der Waals surface area contributed by atoms with Crippen LogP contribution in [0.4, 0.5) is 27.1 Å². The van der Waals surface area contributed by atoms with E-state index in [1.807, 2.05) is 54.6 Å². The van der Waals surface area contributed by atoms with Gasteiger partial charge < -0.3 is 15.3 Å². The van der Waals surface area contributed by atoms with Crippen LogP contribution in [0.3, 0.4) is 0 Å². The number of nitriles is 1. The van der Waals surface area contributed by atoms with Gasteiger partial charge in [-0.1, -0.05) is 48.0 Å². The van der Waals surface area contributed by atoms with E-state index in [1.54, 1.807) is 24.3 Å². The molecule has 0 unspecified atom stereocenters. The minimum absolute atomic E-state index is 0.0181. The van der Waals surface area contributed by atoms with Gasteiger partial charge in [-0.05, 0) is 54.1 Å². The molecule has 5 nitrogen and oxygen atoms in total. The summed E-state index contributed by atoms with van der Waals surface area (Å²) in [6.07, 6.45) is 1.51. The lowest BCUT2D eigenvalue weighted by molar-refractivity contribution is 0.475. The Morgan fingerprint density at radius 1 is 0.944 bits per heavy atom. The van der Waals surface area contributed by atoms with Crippen LogP contribution in [0.5, 0.6) is 5.75 Å². The molecule has 5 rings (SSSR count). The van der Waals surface area contributed by atoms with Crippen LogP contribution in [0.15, 0.2) is 97.2 Å². The van der Waals surface area contributed by atoms with Crippen molar-refractivity contribution in [2.24, 2.45) is 0 Å². The van der Waals surface area contributed by atoms with E-state index >= 15 is 0 Å². The summed E-state index contributed by atoms with van der Waals surface area (Å²) in [5.41, 5.74) is 4.85. The largest absolute Gasteiger partial charge is 0.508 e. The van der Waals surface area contributed by atoms with Crippen LogP contribution in [0, 0.1) is 17.1 Å². The fraction of sp³-hybridized carbons (Fsp3) is 0.0345. The standard InChI is InChI=1S/C29H20ClFN4O/c30-26-13-21(9-11-27(26)31)34-29-20(16-32)17-33-28-12-10-23(15-25(28)29)35(18-19-5-2-1-3-6-19)22-7-4-8-24(36)14-22/h1-15,17,36H,18H2,(H,33,34). The zero-order chi connectivity index (χ0) is 25.1. The number of pyridine rings is 1. The molecule has 0 amide bonds. The van der Waals surface area contributed by atoms with E-state index in [0.717, 1.165) is 16.9 Å². The number of aromatic hydroxyl groups is 1. The Kier molecular flexibility index (Phi) is 6.40. The third kappa shape index (κ3) is 4.78. The van der Waals surface area contributed by atoms with Crippen molar-refractivity contribution in [1.29, 1.82) is 5.26 Å². The lowest BCUT2D eigenvalue weighted by atomic mass is 10.1. The van der Waals surface area contributed by atoms with Gasteiger partial charge in [-0.3, -0.25) is 4.98 Å². The van der Waals surface area contributed by atoms with E-state index in [2.05, 4.69) is 21.3 Å². The maximum absolute atomic E-state index is 13.7. The van der Waals surface area contributed by atoms with Gasteiger partial charge in [0.25, 0.3) is 0 Å². The Balaban J connectivity index is 1.65. The minimum Gasteiger partial charge on any atom is -0.508 e. The summed E-state index contributed by atoms with van der Waals surface area (Å²) < 4.78 is 13.7. The monoisotopic (exact) mass is 494 g/mol. The predicted molar refractivity (Wildman–Crippen MR) is 142 cm³/mol. The normalized spacial score (nSPS) is 10.7. The topological polar surface area (TPSA) is 72.2 Å². The highest BCUT2D eigenvalue weighted by molar-refractivity contribution is 6.31. The summed E-state index contributed by atoms with van der Waals surface area (Å²) in [5.74, 6) is -0.359. The van der Waals surface area contributed by atoms with Crippen molar-refractivity contribution in [3.05, 3.63) is 119 Å². The molecule has 0 saturated carbocycles. The summed E-state index contributed by atoms with van der Waals surface area (Å²) in [6, 6.07) is 29.3. The summed E-state index contributed by atoms with van der Waals surface area (Å²) in [4.78, 5) is 6.53. The molecule has 1 heterocycles. The minimum atomic E-state index is -0.521. The Labute approximate surface area is 212 Å². The summed E-state index contributed by atoms with van der Waals surface area (Å²) in [6.45, 7) is 0.553. The lowest BCUT2D eigenvalue weighted by Crippen LogP contribution is -2.16. The summed E-state index contributed by atoms with van der Waals surface area (Å²) in [5, 5.41) is 23.8. The number of rotatable bonds is 6. The van der Waals surface area contributed by atoms with E-state index in [0.29, 0.717) is 34.4 Å². The van der Waals surface area contributed by atoms with E-state index in [9.17, 15) is 14.8 Å². The van der Waals surface area contributed by atoms with Gasteiger partial charge in [-0.25, -0.2) is 4.39 Å². The van der Waals surface area contributed by atoms with Crippen LogP contribution in [0.25, 0.3) is 10.9 Å². The van der Waals surface area contributed by atoms with Gasteiger partial charge in [0, 0.05) is 41.3 Å². The van der Waals surface area contributed by atoms with Crippen LogP contribution in [0.1, 0.15) is 11.1 Å². The molecule has 176 valence electrons. The molecule has 4 aromatic carbocycles. The van der Waals surface area contributed by atoms with Gasteiger partial charge in [-0.2, -0.15) is 5.26 Å². The predicted octanol–water partition coefficient (Wildman–Crippen LogP) is 7.69. The molecule has 0 fully saturated rings. The zero-order valence-electron chi connectivity index (χ0n) is 19.0. The third-order valence-electron chi connectivity index (χ3n) is 5.80. The van der Waals surface area contributed by atoms with E-state index in [-0.39, 0.29) is 10.8 Å². The highest BCUT2D eigenvalue weighted by atomic mass is 35.5. The van der Waals surface area contributed by atoms with Crippen LogP contribution in [-0.4, -0.2) is 10.1 Å². The second-order valence-corrected chi connectivity index (χ2v) is 8.61. The van der Waals surface area contributed by atoms with Crippen molar-refractivity contribution < 1.29 is 9.50 Å². The van der Waals surface area contributed by atoms with Gasteiger partial charge in [0.05, 0.1) is 21.8 Å². The molecule has 7 heteroatoms. The SMILES string of the molecule is N#Cc1cnc2ccc(N(Cc3ccccc3)c3cccc(O)c3)cc2c1Nc1ccc(F)c(Cl)c1. The summed E-state index contributed by atoms with van der Waals surface area (Å²) >= 11 is 5.98. The average molecular weight is 495 g/mol. The molecule has 0 spiro atoms. The van der Waals surface area contributed by atoms with Crippen molar-refractivity contribution in [3.8, 4) is 11.8 Å². The molecular weight excluding hydrogens is 475 g/mol. The lowest BCUT2D eigenvalue weighted by Gasteiger charge is -2.26. The molecular formula is C29H20ClFN4O. The van der Waals surface area contributed by atoms with Gasteiger partial charge in [0.2, 0.25) is 0 Å². The molecule has 1 aromatic heterocycles. The number of hydrogen-bond acceptors (Lipinski definition) is 5. The van der Waals surface area contributed by atoms with Gasteiger partial charge in [0.1, 0.15) is 17.6 Å². The van der Waals surface area contributed by atoms with Crippen LogP contribution in [-0.2, 0) is 6.54 Å². The molecule has 0 aliphatic heterocycles. The number of nitrogens with zero attached hydrogens (tertiary/aromatic N) is 3. The fourth-order valence-corrected chi connectivity index (χ4v) is 4.23. The molecule has 0 bridgehead atoms. The first-order valence-electron chi connectivity index (χ1n) is 11.2. The van der Waals surface area contributed by atoms with Gasteiger partial charge in [0.15, 0.2) is 0 Å². The highest BCUT2D eigenvalue weighted by Gasteiger charge is 2.16. The number of nitrogens with one attached hydrogen (secondary N) is 1. The number of benzene rings is 4. The van der Waals surface area contributed by atoms with Crippen molar-refractivity contribution in [3.63, 3.8) is 0 Å². The number of phenolic OH excluding ortho intramolecular Hbond substituents is 1. The molecule has 2 N–H and O–H groups in total. The van der Waals surface area contributed by atoms with Crippen LogP contribution < -0.4 is 10.2 Å². The Morgan fingerprint density at radius 2 is 1.75 bits per heavy atom.